The number of ether oxygens (including phenoxy) is 1. The predicted octanol–water partition coefficient (Wildman–Crippen LogP) is 5.71. The number of nitrogens with zero attached hydrogens (tertiary/aromatic N) is 5. The first kappa shape index (κ1) is 29.8. The molecule has 1 aliphatic heterocycles. The minimum absolute atomic E-state index is 0.0794. The van der Waals surface area contributed by atoms with Crippen LogP contribution in [0.15, 0.2) is 72.2 Å². The number of nitrogens with one attached hydrogen (secondary N) is 2. The zero-order chi connectivity index (χ0) is 31.0. The zero-order valence-electron chi connectivity index (χ0n) is 24.6. The Morgan fingerprint density at radius 2 is 1.98 bits per heavy atom. The van der Waals surface area contributed by atoms with Gasteiger partial charge in [0.2, 0.25) is 0 Å². The minimum atomic E-state index is -1.02. The number of aromatic nitrogens is 4. The molecule has 1 saturated heterocycles. The van der Waals surface area contributed by atoms with Gasteiger partial charge in [-0.2, -0.15) is 0 Å². The second-order valence-corrected chi connectivity index (χ2v) is 11.5. The lowest BCUT2D eigenvalue weighted by atomic mass is 10.1. The summed E-state index contributed by atoms with van der Waals surface area (Å²) in [5.41, 5.74) is 4.41. The monoisotopic (exact) mass is 623 g/mol. The summed E-state index contributed by atoms with van der Waals surface area (Å²) in [6, 6.07) is 20.5. The Hall–Kier alpha value is -5.23. The summed E-state index contributed by atoms with van der Waals surface area (Å²) >= 11 is 1.54. The molecule has 45 heavy (non-hydrogen) atoms. The van der Waals surface area contributed by atoms with E-state index in [4.69, 9.17) is 14.8 Å². The number of carbonyl (C=O) groups is 2. The van der Waals surface area contributed by atoms with Gasteiger partial charge in [0, 0.05) is 31.1 Å². The van der Waals surface area contributed by atoms with E-state index in [0.29, 0.717) is 51.4 Å². The van der Waals surface area contributed by atoms with E-state index in [0.717, 1.165) is 39.6 Å². The van der Waals surface area contributed by atoms with Crippen molar-refractivity contribution in [3.63, 3.8) is 0 Å². The van der Waals surface area contributed by atoms with Crippen molar-refractivity contribution in [1.82, 2.24) is 35.5 Å². The van der Waals surface area contributed by atoms with E-state index in [2.05, 4.69) is 57.4 Å². The predicted molar refractivity (Wildman–Crippen MR) is 175 cm³/mol. The number of carbonyl (C=O) groups excluding carboxylic acids is 1. The van der Waals surface area contributed by atoms with Gasteiger partial charge in [-0.15, -0.1) is 16.4 Å². The van der Waals surface area contributed by atoms with Gasteiger partial charge in [0.05, 0.1) is 35.4 Å². The molecule has 2 aromatic heterocycles. The molecule has 0 atom stereocenters. The highest BCUT2D eigenvalue weighted by Crippen LogP contribution is 2.34. The molecule has 6 rings (SSSR count). The molecule has 0 saturated carbocycles. The largest absolute Gasteiger partial charge is 0.491 e. The molecule has 1 fully saturated rings. The van der Waals surface area contributed by atoms with Crippen LogP contribution in [0.2, 0.25) is 0 Å². The first-order valence-corrected chi connectivity index (χ1v) is 15.7. The molecule has 11 nitrogen and oxygen atoms in total. The standard InChI is InChI=1S/C33H33N7O4S/c41-32-34-15-16-39(32)17-18-44-30-20-28(40-21-26(37-38-40)7-3-4-14-35-33(42)43)12-13-29(30)31-36-27(22-45-31)11-9-23-8-10-24-5-1-2-6-25(24)19-23/h1-2,5-6,8-13,19-22,35H,3-4,7,14-18H2,(H,34,41)(H,42,43). The Balaban J connectivity index is 1.18. The fraction of sp³-hybridized carbons (Fsp3) is 0.242. The Bertz CT molecular complexity index is 1830. The third-order valence-corrected chi connectivity index (χ3v) is 8.34. The van der Waals surface area contributed by atoms with Gasteiger partial charge < -0.3 is 25.4 Å². The van der Waals surface area contributed by atoms with Crippen LogP contribution in [0.5, 0.6) is 5.75 Å². The van der Waals surface area contributed by atoms with E-state index in [1.54, 1.807) is 20.9 Å². The van der Waals surface area contributed by atoms with E-state index in [1.165, 1.54) is 10.8 Å². The molecule has 0 radical (unpaired) electrons. The summed E-state index contributed by atoms with van der Waals surface area (Å²) in [6.45, 7) is 2.50. The Morgan fingerprint density at radius 1 is 1.09 bits per heavy atom. The second-order valence-electron chi connectivity index (χ2n) is 10.6. The normalized spacial score (nSPS) is 13.1. The molecule has 12 heteroatoms. The summed E-state index contributed by atoms with van der Waals surface area (Å²) in [5, 5.41) is 27.8. The third-order valence-electron chi connectivity index (χ3n) is 7.44. The average molecular weight is 624 g/mol. The highest BCUT2D eigenvalue weighted by molar-refractivity contribution is 7.13. The van der Waals surface area contributed by atoms with Crippen LogP contribution in [0.25, 0.3) is 39.2 Å². The molecule has 3 N–H and O–H groups in total. The Kier molecular flexibility index (Phi) is 9.30. The van der Waals surface area contributed by atoms with Gasteiger partial charge in [-0.1, -0.05) is 47.7 Å². The SMILES string of the molecule is O=C(O)NCCCCc1cn(-c2ccc(-c3nc(C=Cc4ccc5ccccc5c4)cs3)c(OCCN3CCNC3=O)c2)nn1. The smallest absolute Gasteiger partial charge is 0.404 e. The van der Waals surface area contributed by atoms with Crippen LogP contribution >= 0.6 is 11.3 Å². The number of benzene rings is 3. The number of amides is 3. The van der Waals surface area contributed by atoms with Crippen molar-refractivity contribution in [3.8, 4) is 22.0 Å². The molecule has 230 valence electrons. The maximum absolute atomic E-state index is 12.0. The van der Waals surface area contributed by atoms with Crippen LogP contribution in [-0.2, 0) is 6.42 Å². The second kappa shape index (κ2) is 14.0. The fourth-order valence-electron chi connectivity index (χ4n) is 5.08. The van der Waals surface area contributed by atoms with Crippen LogP contribution in [0, 0.1) is 0 Å². The number of thiazole rings is 1. The first-order chi connectivity index (χ1) is 22.0. The molecule has 3 aromatic carbocycles. The lowest BCUT2D eigenvalue weighted by molar-refractivity contribution is 0.194. The van der Waals surface area contributed by atoms with Gasteiger partial charge in [-0.25, -0.2) is 19.3 Å². The quantitative estimate of drug-likeness (QED) is 0.143. The first-order valence-electron chi connectivity index (χ1n) is 14.8. The maximum Gasteiger partial charge on any atom is 0.404 e. The van der Waals surface area contributed by atoms with Crippen molar-refractivity contribution in [2.75, 3.05) is 32.8 Å². The minimum Gasteiger partial charge on any atom is -0.491 e. The van der Waals surface area contributed by atoms with Gasteiger partial charge in [0.25, 0.3) is 0 Å². The summed E-state index contributed by atoms with van der Waals surface area (Å²) in [6.07, 6.45) is 7.13. The van der Waals surface area contributed by atoms with Gasteiger partial charge in [-0.05, 0) is 59.9 Å². The number of urea groups is 1. The Morgan fingerprint density at radius 3 is 2.82 bits per heavy atom. The molecule has 0 aliphatic carbocycles. The molecule has 1 aliphatic rings. The summed E-state index contributed by atoms with van der Waals surface area (Å²) in [7, 11) is 0. The summed E-state index contributed by atoms with van der Waals surface area (Å²) < 4.78 is 7.98. The highest BCUT2D eigenvalue weighted by Gasteiger charge is 2.20. The van der Waals surface area contributed by atoms with Crippen molar-refractivity contribution >= 4 is 46.4 Å². The van der Waals surface area contributed by atoms with Crippen molar-refractivity contribution < 1.29 is 19.4 Å². The molecule has 0 unspecified atom stereocenters. The van der Waals surface area contributed by atoms with Crippen LogP contribution in [0.3, 0.4) is 0 Å². The van der Waals surface area contributed by atoms with Crippen LogP contribution < -0.4 is 15.4 Å². The van der Waals surface area contributed by atoms with Crippen LogP contribution in [-0.4, -0.2) is 74.9 Å². The number of fused-ring (bicyclic) bond motifs is 1. The van der Waals surface area contributed by atoms with E-state index in [-0.39, 0.29) is 6.03 Å². The average Bonchev–Trinajstić information content (AvgIpc) is 3.82. The van der Waals surface area contributed by atoms with E-state index in [1.807, 2.05) is 48.0 Å². The van der Waals surface area contributed by atoms with Crippen molar-refractivity contribution in [3.05, 3.63) is 89.2 Å². The number of rotatable bonds is 13. The molecule has 0 bridgehead atoms. The summed E-state index contributed by atoms with van der Waals surface area (Å²) in [5.74, 6) is 0.642. The summed E-state index contributed by atoms with van der Waals surface area (Å²) in [4.78, 5) is 29.3. The van der Waals surface area contributed by atoms with Crippen molar-refractivity contribution in [1.29, 1.82) is 0 Å². The van der Waals surface area contributed by atoms with E-state index in [9.17, 15) is 9.59 Å². The third kappa shape index (κ3) is 7.65. The van der Waals surface area contributed by atoms with Crippen LogP contribution in [0.1, 0.15) is 29.8 Å². The molecule has 5 aromatic rings. The fourth-order valence-corrected chi connectivity index (χ4v) is 5.90. The number of hydrogen-bond donors (Lipinski definition) is 3. The molecule has 0 spiro atoms. The van der Waals surface area contributed by atoms with Gasteiger partial charge in [0.1, 0.15) is 17.4 Å². The van der Waals surface area contributed by atoms with Crippen molar-refractivity contribution in [2.24, 2.45) is 0 Å². The number of aryl methyl sites for hydroxylation is 1. The van der Waals surface area contributed by atoms with Crippen LogP contribution in [0.4, 0.5) is 9.59 Å². The lowest BCUT2D eigenvalue weighted by Gasteiger charge is -2.16. The number of carboxylic acid groups (broad SMARTS) is 1. The van der Waals surface area contributed by atoms with E-state index >= 15 is 0 Å². The van der Waals surface area contributed by atoms with E-state index < -0.39 is 6.09 Å². The maximum atomic E-state index is 12.0. The topological polar surface area (TPSA) is 134 Å². The van der Waals surface area contributed by atoms with Crippen molar-refractivity contribution in [2.45, 2.75) is 19.3 Å². The van der Waals surface area contributed by atoms with Gasteiger partial charge in [0.15, 0.2) is 0 Å². The molecular weight excluding hydrogens is 590 g/mol. The highest BCUT2D eigenvalue weighted by atomic mass is 32.1. The number of unbranched alkanes of at least 4 members (excludes halogenated alkanes) is 1. The lowest BCUT2D eigenvalue weighted by Crippen LogP contribution is -2.31. The molecule has 3 amide bonds. The zero-order valence-corrected chi connectivity index (χ0v) is 25.4. The van der Waals surface area contributed by atoms with Gasteiger partial charge >= 0.3 is 12.1 Å². The Labute approximate surface area is 264 Å². The number of hydrogen-bond acceptors (Lipinski definition) is 7. The molecule has 3 heterocycles. The van der Waals surface area contributed by atoms with Gasteiger partial charge in [-0.3, -0.25) is 0 Å². The molecular formula is C33H33N7O4S.